The first-order valence-corrected chi connectivity index (χ1v) is 9.24. The van der Waals surface area contributed by atoms with E-state index in [1.807, 2.05) is 67.7 Å². The number of aryl methyl sites for hydroxylation is 1. The Morgan fingerprint density at radius 1 is 0.966 bits per heavy atom. The lowest BCUT2D eigenvalue weighted by atomic mass is 10.1. The van der Waals surface area contributed by atoms with Gasteiger partial charge in [-0.2, -0.15) is 5.10 Å². The van der Waals surface area contributed by atoms with Crippen LogP contribution in [0.1, 0.15) is 21.5 Å². The van der Waals surface area contributed by atoms with Crippen molar-refractivity contribution in [3.05, 3.63) is 108 Å². The van der Waals surface area contributed by atoms with Crippen molar-refractivity contribution in [1.29, 1.82) is 0 Å². The lowest BCUT2D eigenvalue weighted by Gasteiger charge is -2.06. The molecule has 0 N–H and O–H groups in total. The fourth-order valence-corrected chi connectivity index (χ4v) is 3.00. The van der Waals surface area contributed by atoms with Gasteiger partial charge in [-0.15, -0.1) is 0 Å². The van der Waals surface area contributed by atoms with Crippen molar-refractivity contribution < 1.29 is 13.9 Å². The zero-order chi connectivity index (χ0) is 20.2. The molecule has 0 aliphatic heterocycles. The van der Waals surface area contributed by atoms with E-state index in [0.717, 1.165) is 28.1 Å². The highest BCUT2D eigenvalue weighted by molar-refractivity contribution is 5.89. The summed E-state index contributed by atoms with van der Waals surface area (Å²) in [5.41, 5.74) is 4.85. The van der Waals surface area contributed by atoms with Crippen LogP contribution in [0.3, 0.4) is 0 Å². The van der Waals surface area contributed by atoms with Gasteiger partial charge < -0.3 is 4.74 Å². The van der Waals surface area contributed by atoms with Crippen LogP contribution in [0.4, 0.5) is 4.39 Å². The predicted octanol–water partition coefficient (Wildman–Crippen LogP) is 5.34. The average molecular weight is 386 g/mol. The summed E-state index contributed by atoms with van der Waals surface area (Å²) in [5.74, 6) is -0.903. The normalized spacial score (nSPS) is 10.7. The summed E-state index contributed by atoms with van der Waals surface area (Å²) >= 11 is 0. The molecule has 0 aliphatic rings. The second-order valence-corrected chi connectivity index (χ2v) is 6.73. The van der Waals surface area contributed by atoms with E-state index in [-0.39, 0.29) is 6.61 Å². The maximum absolute atomic E-state index is 13.1. The molecule has 1 aromatic heterocycles. The molecule has 3 aromatic carbocycles. The number of para-hydroxylation sites is 1. The van der Waals surface area contributed by atoms with Crippen LogP contribution in [0.5, 0.6) is 0 Å². The molecular formula is C24H19FN2O2. The Kier molecular flexibility index (Phi) is 5.20. The highest BCUT2D eigenvalue weighted by Gasteiger charge is 2.15. The van der Waals surface area contributed by atoms with Crippen LogP contribution in [-0.4, -0.2) is 15.7 Å². The summed E-state index contributed by atoms with van der Waals surface area (Å²) in [6.45, 7) is 2.09. The number of halogens is 1. The Morgan fingerprint density at radius 3 is 2.34 bits per heavy atom. The number of aromatic nitrogens is 2. The maximum atomic E-state index is 13.1. The lowest BCUT2D eigenvalue weighted by molar-refractivity contribution is 0.0473. The molecule has 0 saturated heterocycles. The van der Waals surface area contributed by atoms with Crippen LogP contribution in [0.15, 0.2) is 85.1 Å². The molecule has 0 saturated carbocycles. The third kappa shape index (κ3) is 4.24. The summed E-state index contributed by atoms with van der Waals surface area (Å²) < 4.78 is 20.3. The van der Waals surface area contributed by atoms with Crippen LogP contribution < -0.4 is 0 Å². The van der Waals surface area contributed by atoms with Crippen molar-refractivity contribution in [2.45, 2.75) is 13.5 Å². The first-order chi connectivity index (χ1) is 14.1. The Bertz CT molecular complexity index is 1120. The zero-order valence-corrected chi connectivity index (χ0v) is 15.9. The van der Waals surface area contributed by atoms with Gasteiger partial charge in [-0.25, -0.2) is 13.9 Å². The minimum Gasteiger partial charge on any atom is -0.457 e. The number of esters is 1. The highest BCUT2D eigenvalue weighted by Crippen LogP contribution is 2.25. The Hall–Kier alpha value is -3.73. The molecule has 1 heterocycles. The molecule has 144 valence electrons. The monoisotopic (exact) mass is 386 g/mol. The van der Waals surface area contributed by atoms with Crippen molar-refractivity contribution in [3.8, 4) is 16.9 Å². The quantitative estimate of drug-likeness (QED) is 0.435. The average Bonchev–Trinajstić information content (AvgIpc) is 3.18. The van der Waals surface area contributed by atoms with Gasteiger partial charge in [0.15, 0.2) is 0 Å². The van der Waals surface area contributed by atoms with E-state index in [9.17, 15) is 9.18 Å². The summed E-state index contributed by atoms with van der Waals surface area (Å²) in [5, 5.41) is 4.72. The molecule has 0 bridgehead atoms. The molecule has 0 unspecified atom stereocenters. The van der Waals surface area contributed by atoms with Crippen LogP contribution in [-0.2, 0) is 11.3 Å². The van der Waals surface area contributed by atoms with E-state index in [2.05, 4.69) is 0 Å². The van der Waals surface area contributed by atoms with Gasteiger partial charge in [-0.05, 0) is 43.3 Å². The Balaban J connectivity index is 1.63. The smallest absolute Gasteiger partial charge is 0.338 e. The molecule has 0 amide bonds. The Morgan fingerprint density at radius 2 is 1.66 bits per heavy atom. The van der Waals surface area contributed by atoms with Gasteiger partial charge in [0, 0.05) is 17.3 Å². The number of nitrogens with zero attached hydrogens (tertiary/aromatic N) is 2. The van der Waals surface area contributed by atoms with E-state index in [1.54, 1.807) is 4.68 Å². The number of hydrogen-bond acceptors (Lipinski definition) is 3. The van der Waals surface area contributed by atoms with E-state index in [1.165, 1.54) is 24.3 Å². The number of ether oxygens (including phenoxy) is 1. The molecule has 29 heavy (non-hydrogen) atoms. The molecule has 0 radical (unpaired) electrons. The third-order valence-electron chi connectivity index (χ3n) is 4.57. The number of hydrogen-bond donors (Lipinski definition) is 0. The SMILES string of the molecule is Cc1ccc(-c2nn(-c3ccccc3)cc2COC(=O)c2ccc(F)cc2)cc1. The van der Waals surface area contributed by atoms with Crippen molar-refractivity contribution in [1.82, 2.24) is 9.78 Å². The van der Waals surface area contributed by atoms with Crippen molar-refractivity contribution in [2.24, 2.45) is 0 Å². The second kappa shape index (κ2) is 8.10. The second-order valence-electron chi connectivity index (χ2n) is 6.73. The number of carbonyl (C=O) groups is 1. The molecule has 4 nitrogen and oxygen atoms in total. The van der Waals surface area contributed by atoms with E-state index < -0.39 is 11.8 Å². The lowest BCUT2D eigenvalue weighted by Crippen LogP contribution is -2.05. The van der Waals surface area contributed by atoms with Gasteiger partial charge >= 0.3 is 5.97 Å². The molecule has 5 heteroatoms. The summed E-state index contributed by atoms with van der Waals surface area (Å²) in [4.78, 5) is 12.3. The zero-order valence-electron chi connectivity index (χ0n) is 15.9. The minimum absolute atomic E-state index is 0.0618. The van der Waals surface area contributed by atoms with Crippen molar-refractivity contribution in [3.63, 3.8) is 0 Å². The van der Waals surface area contributed by atoms with E-state index >= 15 is 0 Å². The molecule has 0 atom stereocenters. The van der Waals surface area contributed by atoms with Crippen LogP contribution in [0.25, 0.3) is 16.9 Å². The van der Waals surface area contributed by atoms with Gasteiger partial charge in [0.05, 0.1) is 16.9 Å². The molecule has 4 aromatic rings. The standard InChI is InChI=1S/C24H19FN2O2/c1-17-7-9-18(10-8-17)23-20(15-27(26-23)22-5-3-2-4-6-22)16-29-24(28)19-11-13-21(25)14-12-19/h2-15H,16H2,1H3. The van der Waals surface area contributed by atoms with Gasteiger partial charge in [0.1, 0.15) is 12.4 Å². The van der Waals surface area contributed by atoms with Crippen LogP contribution >= 0.6 is 0 Å². The number of carbonyl (C=O) groups excluding carboxylic acids is 1. The summed E-state index contributed by atoms with van der Waals surface area (Å²) in [7, 11) is 0. The topological polar surface area (TPSA) is 44.1 Å². The first-order valence-electron chi connectivity index (χ1n) is 9.24. The van der Waals surface area contributed by atoms with Gasteiger partial charge in [-0.3, -0.25) is 0 Å². The molecule has 0 spiro atoms. The summed E-state index contributed by atoms with van der Waals surface area (Å²) in [6, 6.07) is 23.1. The minimum atomic E-state index is -0.507. The van der Waals surface area contributed by atoms with Gasteiger partial charge in [0.25, 0.3) is 0 Å². The molecule has 4 rings (SSSR count). The molecule has 0 fully saturated rings. The predicted molar refractivity (Wildman–Crippen MR) is 109 cm³/mol. The number of rotatable bonds is 5. The number of benzene rings is 3. The van der Waals surface area contributed by atoms with Gasteiger partial charge in [-0.1, -0.05) is 48.0 Å². The fourth-order valence-electron chi connectivity index (χ4n) is 3.00. The molecule has 0 aliphatic carbocycles. The fraction of sp³-hybridized carbons (Fsp3) is 0.0833. The molecular weight excluding hydrogens is 367 g/mol. The largest absolute Gasteiger partial charge is 0.457 e. The Labute approximate surface area is 168 Å². The summed E-state index contributed by atoms with van der Waals surface area (Å²) in [6.07, 6.45) is 1.86. The van der Waals surface area contributed by atoms with E-state index in [4.69, 9.17) is 9.84 Å². The maximum Gasteiger partial charge on any atom is 0.338 e. The van der Waals surface area contributed by atoms with E-state index in [0.29, 0.717) is 5.56 Å². The highest BCUT2D eigenvalue weighted by atomic mass is 19.1. The van der Waals surface area contributed by atoms with Crippen LogP contribution in [0, 0.1) is 12.7 Å². The first kappa shape index (κ1) is 18.6. The van der Waals surface area contributed by atoms with Gasteiger partial charge in [0.2, 0.25) is 0 Å². The van der Waals surface area contributed by atoms with Crippen LogP contribution in [0.2, 0.25) is 0 Å². The third-order valence-corrected chi connectivity index (χ3v) is 4.57. The van der Waals surface area contributed by atoms with Crippen molar-refractivity contribution in [2.75, 3.05) is 0 Å². The van der Waals surface area contributed by atoms with Crippen molar-refractivity contribution >= 4 is 5.97 Å².